The van der Waals surface area contributed by atoms with E-state index < -0.39 is 0 Å². The zero-order valence-corrected chi connectivity index (χ0v) is 15.6. The van der Waals surface area contributed by atoms with Crippen molar-refractivity contribution in [3.8, 4) is 17.1 Å². The first-order valence-corrected chi connectivity index (χ1v) is 8.97. The number of nitrogens with two attached hydrogens (primary N) is 1. The third-order valence-corrected chi connectivity index (χ3v) is 4.69. The molecule has 26 heavy (non-hydrogen) atoms. The topological polar surface area (TPSA) is 68.7 Å². The smallest absolute Gasteiger partial charge is 0.246 e. The molecular formula is C21H26N2O3. The molecule has 0 saturated carbocycles. The quantitative estimate of drug-likeness (QED) is 0.664. The highest BCUT2D eigenvalue weighted by Crippen LogP contribution is 2.33. The number of rotatable bonds is 4. The predicted molar refractivity (Wildman–Crippen MR) is 104 cm³/mol. The van der Waals surface area contributed by atoms with Crippen molar-refractivity contribution < 1.29 is 13.9 Å². The second-order valence-corrected chi connectivity index (χ2v) is 7.18. The van der Waals surface area contributed by atoms with E-state index in [1.165, 1.54) is 6.42 Å². The Morgan fingerprint density at radius 1 is 1.23 bits per heavy atom. The maximum Gasteiger partial charge on any atom is 0.246 e. The molecule has 3 rings (SSSR count). The van der Waals surface area contributed by atoms with Crippen molar-refractivity contribution >= 4 is 17.7 Å². The molecule has 2 atom stereocenters. The zero-order valence-electron chi connectivity index (χ0n) is 15.6. The van der Waals surface area contributed by atoms with Crippen LogP contribution in [0.4, 0.5) is 5.69 Å². The third-order valence-electron chi connectivity index (χ3n) is 4.69. The average molecular weight is 354 g/mol. The van der Waals surface area contributed by atoms with Gasteiger partial charge in [-0.15, -0.1) is 0 Å². The van der Waals surface area contributed by atoms with E-state index in [4.69, 9.17) is 14.9 Å². The summed E-state index contributed by atoms with van der Waals surface area (Å²) in [6, 6.07) is 9.10. The summed E-state index contributed by atoms with van der Waals surface area (Å²) in [6.07, 6.45) is 4.48. The van der Waals surface area contributed by atoms with Crippen molar-refractivity contribution in [1.29, 1.82) is 0 Å². The highest BCUT2D eigenvalue weighted by molar-refractivity contribution is 5.91. The van der Waals surface area contributed by atoms with Crippen LogP contribution in [-0.2, 0) is 4.79 Å². The number of benzene rings is 1. The first kappa shape index (κ1) is 18.1. The number of methoxy groups -OCH3 is 1. The van der Waals surface area contributed by atoms with E-state index in [1.807, 2.05) is 29.2 Å². The summed E-state index contributed by atoms with van der Waals surface area (Å²) in [4.78, 5) is 14.4. The van der Waals surface area contributed by atoms with Gasteiger partial charge in [-0.25, -0.2) is 0 Å². The van der Waals surface area contributed by atoms with E-state index in [0.29, 0.717) is 34.8 Å². The van der Waals surface area contributed by atoms with Gasteiger partial charge in [-0.05, 0) is 54.7 Å². The molecule has 1 aliphatic heterocycles. The first-order valence-electron chi connectivity index (χ1n) is 8.97. The molecule has 1 aliphatic rings. The summed E-state index contributed by atoms with van der Waals surface area (Å²) in [6.45, 7) is 6.02. The van der Waals surface area contributed by atoms with Crippen LogP contribution in [0.25, 0.3) is 17.4 Å². The minimum atomic E-state index is 0.0305. The number of hydrogen-bond donors (Lipinski definition) is 1. The standard InChI is InChI=1S/C21H26N2O3/c1-14-10-15(2)13-23(12-14)21(24)9-6-17-5-8-20(26-17)18-11-16(22)4-7-19(18)25-3/h4-9,11,14-15H,10,12-13,22H2,1-3H3/b9-6+. The summed E-state index contributed by atoms with van der Waals surface area (Å²) in [7, 11) is 1.61. The number of carbonyl (C=O) groups is 1. The molecule has 1 saturated heterocycles. The molecule has 138 valence electrons. The Hall–Kier alpha value is -2.69. The number of furan rings is 1. The van der Waals surface area contributed by atoms with Crippen LogP contribution in [0.3, 0.4) is 0 Å². The summed E-state index contributed by atoms with van der Waals surface area (Å²) in [5, 5.41) is 0. The van der Waals surface area contributed by atoms with Crippen molar-refractivity contribution in [3.05, 3.63) is 42.2 Å². The minimum absolute atomic E-state index is 0.0305. The van der Waals surface area contributed by atoms with Crippen LogP contribution < -0.4 is 10.5 Å². The van der Waals surface area contributed by atoms with Crippen molar-refractivity contribution in [1.82, 2.24) is 4.90 Å². The molecule has 1 aromatic carbocycles. The van der Waals surface area contributed by atoms with Gasteiger partial charge in [0.05, 0.1) is 12.7 Å². The monoisotopic (exact) mass is 354 g/mol. The maximum absolute atomic E-state index is 12.4. The van der Waals surface area contributed by atoms with Gasteiger partial charge in [0, 0.05) is 24.9 Å². The van der Waals surface area contributed by atoms with Gasteiger partial charge in [0.25, 0.3) is 0 Å². The molecule has 0 aliphatic carbocycles. The lowest BCUT2D eigenvalue weighted by atomic mass is 9.92. The minimum Gasteiger partial charge on any atom is -0.496 e. The van der Waals surface area contributed by atoms with E-state index in [-0.39, 0.29) is 5.91 Å². The number of anilines is 1. The van der Waals surface area contributed by atoms with Crippen LogP contribution in [0.2, 0.25) is 0 Å². The molecule has 5 nitrogen and oxygen atoms in total. The molecule has 5 heteroatoms. The van der Waals surface area contributed by atoms with Gasteiger partial charge < -0.3 is 19.8 Å². The van der Waals surface area contributed by atoms with Gasteiger partial charge in [0.15, 0.2) is 0 Å². The molecule has 0 bridgehead atoms. The van der Waals surface area contributed by atoms with Crippen molar-refractivity contribution in [2.45, 2.75) is 20.3 Å². The Bertz CT molecular complexity index is 799. The molecule has 1 fully saturated rings. The molecule has 0 radical (unpaired) electrons. The number of carbonyl (C=O) groups excluding carboxylic acids is 1. The van der Waals surface area contributed by atoms with Crippen molar-refractivity contribution in [2.75, 3.05) is 25.9 Å². The Kier molecular flexibility index (Phi) is 5.35. The number of hydrogen-bond acceptors (Lipinski definition) is 4. The number of ether oxygens (including phenoxy) is 1. The summed E-state index contributed by atoms with van der Waals surface area (Å²) in [5.41, 5.74) is 7.29. The molecule has 2 N–H and O–H groups in total. The largest absolute Gasteiger partial charge is 0.496 e. The van der Waals surface area contributed by atoms with Crippen molar-refractivity contribution in [3.63, 3.8) is 0 Å². The number of nitrogen functional groups attached to an aromatic ring is 1. The molecule has 0 spiro atoms. The van der Waals surface area contributed by atoms with Gasteiger partial charge in [0.1, 0.15) is 17.3 Å². The van der Waals surface area contributed by atoms with E-state index in [9.17, 15) is 4.79 Å². The fraction of sp³-hybridized carbons (Fsp3) is 0.381. The lowest BCUT2D eigenvalue weighted by Crippen LogP contribution is -2.41. The van der Waals surface area contributed by atoms with Crippen LogP contribution in [-0.4, -0.2) is 31.0 Å². The molecule has 2 heterocycles. The molecular weight excluding hydrogens is 328 g/mol. The number of nitrogens with zero attached hydrogens (tertiary/aromatic N) is 1. The van der Waals surface area contributed by atoms with Gasteiger partial charge in [0.2, 0.25) is 5.91 Å². The van der Waals surface area contributed by atoms with Crippen LogP contribution in [0.1, 0.15) is 26.0 Å². The Morgan fingerprint density at radius 3 is 2.65 bits per heavy atom. The lowest BCUT2D eigenvalue weighted by Gasteiger charge is -2.34. The number of likely N-dealkylation sites (tertiary alicyclic amines) is 1. The van der Waals surface area contributed by atoms with E-state index >= 15 is 0 Å². The van der Waals surface area contributed by atoms with E-state index in [2.05, 4.69) is 13.8 Å². The fourth-order valence-corrected chi connectivity index (χ4v) is 3.61. The molecule has 2 unspecified atom stereocenters. The maximum atomic E-state index is 12.4. The van der Waals surface area contributed by atoms with Gasteiger partial charge >= 0.3 is 0 Å². The fourth-order valence-electron chi connectivity index (χ4n) is 3.61. The van der Waals surface area contributed by atoms with Crippen LogP contribution in [0.5, 0.6) is 5.75 Å². The zero-order chi connectivity index (χ0) is 18.7. The highest BCUT2D eigenvalue weighted by Gasteiger charge is 2.24. The third kappa shape index (κ3) is 4.10. The number of piperidine rings is 1. The molecule has 2 aromatic rings. The summed E-state index contributed by atoms with van der Waals surface area (Å²) >= 11 is 0. The predicted octanol–water partition coefficient (Wildman–Crippen LogP) is 4.06. The Morgan fingerprint density at radius 2 is 1.96 bits per heavy atom. The summed E-state index contributed by atoms with van der Waals surface area (Å²) in [5.74, 6) is 3.08. The van der Waals surface area contributed by atoms with Crippen LogP contribution in [0, 0.1) is 11.8 Å². The molecule has 1 amide bonds. The Labute approximate surface area is 154 Å². The van der Waals surface area contributed by atoms with Crippen LogP contribution in [0.15, 0.2) is 40.8 Å². The SMILES string of the molecule is COc1ccc(N)cc1-c1ccc(/C=C/C(=O)N2CC(C)CC(C)C2)o1. The van der Waals surface area contributed by atoms with E-state index in [1.54, 1.807) is 25.3 Å². The first-order chi connectivity index (χ1) is 12.5. The normalized spacial score (nSPS) is 20.5. The second kappa shape index (κ2) is 7.68. The van der Waals surface area contributed by atoms with Crippen LogP contribution >= 0.6 is 0 Å². The Balaban J connectivity index is 1.73. The van der Waals surface area contributed by atoms with Gasteiger partial charge in [-0.1, -0.05) is 13.8 Å². The summed E-state index contributed by atoms with van der Waals surface area (Å²) < 4.78 is 11.2. The number of amides is 1. The van der Waals surface area contributed by atoms with Gasteiger partial charge in [-0.3, -0.25) is 4.79 Å². The van der Waals surface area contributed by atoms with Gasteiger partial charge in [-0.2, -0.15) is 0 Å². The van der Waals surface area contributed by atoms with E-state index in [0.717, 1.165) is 18.7 Å². The second-order valence-electron chi connectivity index (χ2n) is 7.18. The lowest BCUT2D eigenvalue weighted by molar-refractivity contribution is -0.128. The molecule has 1 aromatic heterocycles. The van der Waals surface area contributed by atoms with Crippen molar-refractivity contribution in [2.24, 2.45) is 11.8 Å². The average Bonchev–Trinajstić information content (AvgIpc) is 3.07. The highest BCUT2D eigenvalue weighted by atomic mass is 16.5.